The van der Waals surface area contributed by atoms with E-state index in [0.717, 1.165) is 12.8 Å². The molecule has 0 atom stereocenters. The normalized spacial score (nSPS) is 10.3. The van der Waals surface area contributed by atoms with Crippen molar-refractivity contribution in [2.24, 2.45) is 0 Å². The Morgan fingerprint density at radius 2 is 1.81 bits per heavy atom. The smallest absolute Gasteiger partial charge is 0.196 e. The van der Waals surface area contributed by atoms with Crippen LogP contribution in [0.2, 0.25) is 0 Å². The molecule has 0 fully saturated rings. The SMILES string of the molecule is CCCCOc1cc(O)c(C(=O)c2ccccc2)cc1O. The molecule has 0 heterocycles. The maximum absolute atomic E-state index is 12.3. The lowest BCUT2D eigenvalue weighted by molar-refractivity contribution is 0.103. The number of aromatic hydroxyl groups is 2. The predicted octanol–water partition coefficient (Wildman–Crippen LogP) is 3.51. The van der Waals surface area contributed by atoms with Crippen LogP contribution in [0.5, 0.6) is 17.2 Å². The maximum Gasteiger partial charge on any atom is 0.196 e. The summed E-state index contributed by atoms with van der Waals surface area (Å²) in [6.07, 6.45) is 1.82. The summed E-state index contributed by atoms with van der Waals surface area (Å²) in [5, 5.41) is 19.9. The number of hydrogen-bond acceptors (Lipinski definition) is 4. The van der Waals surface area contributed by atoms with Gasteiger partial charge in [-0.15, -0.1) is 0 Å². The fourth-order valence-corrected chi connectivity index (χ4v) is 1.93. The van der Waals surface area contributed by atoms with Gasteiger partial charge in [0.2, 0.25) is 0 Å². The van der Waals surface area contributed by atoms with Gasteiger partial charge in [-0.3, -0.25) is 4.79 Å². The standard InChI is InChI=1S/C17H18O4/c1-2-3-9-21-16-11-14(18)13(10-15(16)19)17(20)12-7-5-4-6-8-12/h4-8,10-11,18-19H,2-3,9H2,1H3. The van der Waals surface area contributed by atoms with Crippen LogP contribution < -0.4 is 4.74 Å². The van der Waals surface area contributed by atoms with Gasteiger partial charge in [0.1, 0.15) is 5.75 Å². The summed E-state index contributed by atoms with van der Waals surface area (Å²) in [4.78, 5) is 12.3. The number of benzene rings is 2. The maximum atomic E-state index is 12.3. The molecule has 0 radical (unpaired) electrons. The van der Waals surface area contributed by atoms with Gasteiger partial charge in [0.15, 0.2) is 17.3 Å². The lowest BCUT2D eigenvalue weighted by Gasteiger charge is -2.11. The first-order valence-corrected chi connectivity index (χ1v) is 6.92. The van der Waals surface area contributed by atoms with Crippen molar-refractivity contribution in [2.45, 2.75) is 19.8 Å². The van der Waals surface area contributed by atoms with Crippen LogP contribution in [-0.4, -0.2) is 22.6 Å². The van der Waals surface area contributed by atoms with E-state index in [4.69, 9.17) is 4.74 Å². The molecular weight excluding hydrogens is 268 g/mol. The molecule has 2 aromatic rings. The first-order chi connectivity index (χ1) is 10.1. The molecule has 4 heteroatoms. The summed E-state index contributed by atoms with van der Waals surface area (Å²) >= 11 is 0. The number of hydrogen-bond donors (Lipinski definition) is 2. The van der Waals surface area contributed by atoms with E-state index in [1.54, 1.807) is 30.3 Å². The van der Waals surface area contributed by atoms with E-state index < -0.39 is 0 Å². The van der Waals surface area contributed by atoms with E-state index in [1.807, 2.05) is 6.92 Å². The molecule has 2 rings (SSSR count). The second-order valence-corrected chi connectivity index (χ2v) is 4.73. The van der Waals surface area contributed by atoms with Crippen molar-refractivity contribution in [1.82, 2.24) is 0 Å². The Kier molecular flexibility index (Phi) is 4.82. The molecule has 0 amide bonds. The number of rotatable bonds is 6. The monoisotopic (exact) mass is 286 g/mol. The van der Waals surface area contributed by atoms with Crippen LogP contribution in [-0.2, 0) is 0 Å². The van der Waals surface area contributed by atoms with Crippen molar-refractivity contribution in [3.63, 3.8) is 0 Å². The van der Waals surface area contributed by atoms with Gasteiger partial charge in [-0.2, -0.15) is 0 Å². The average Bonchev–Trinajstić information content (AvgIpc) is 2.51. The van der Waals surface area contributed by atoms with Gasteiger partial charge in [0.05, 0.1) is 12.2 Å². The highest BCUT2D eigenvalue weighted by molar-refractivity contribution is 6.11. The Balaban J connectivity index is 2.26. The molecule has 0 unspecified atom stereocenters. The molecule has 0 bridgehead atoms. The quantitative estimate of drug-likeness (QED) is 0.484. The molecule has 0 saturated carbocycles. The molecule has 2 aromatic carbocycles. The number of unbranched alkanes of at least 4 members (excludes halogenated alkanes) is 1. The first kappa shape index (κ1) is 14.9. The predicted molar refractivity (Wildman–Crippen MR) is 80.0 cm³/mol. The molecule has 2 N–H and O–H groups in total. The molecule has 4 nitrogen and oxygen atoms in total. The van der Waals surface area contributed by atoms with Gasteiger partial charge in [-0.1, -0.05) is 43.7 Å². The summed E-state index contributed by atoms with van der Waals surface area (Å²) in [5.41, 5.74) is 0.508. The molecule has 0 saturated heterocycles. The van der Waals surface area contributed by atoms with Crippen molar-refractivity contribution in [1.29, 1.82) is 0 Å². The van der Waals surface area contributed by atoms with Crippen LogP contribution in [0.4, 0.5) is 0 Å². The topological polar surface area (TPSA) is 66.8 Å². The summed E-state index contributed by atoms with van der Waals surface area (Å²) in [7, 11) is 0. The Hall–Kier alpha value is -2.49. The largest absolute Gasteiger partial charge is 0.507 e. The van der Waals surface area contributed by atoms with Crippen LogP contribution in [0.3, 0.4) is 0 Å². The summed E-state index contributed by atoms with van der Waals surface area (Å²) in [6.45, 7) is 2.48. The zero-order chi connectivity index (χ0) is 15.2. The lowest BCUT2D eigenvalue weighted by atomic mass is 10.0. The summed E-state index contributed by atoms with van der Waals surface area (Å²) in [6, 6.07) is 11.1. The number of phenolic OH excluding ortho intramolecular Hbond substituents is 2. The first-order valence-electron chi connectivity index (χ1n) is 6.92. The number of ketones is 1. The minimum Gasteiger partial charge on any atom is -0.507 e. The zero-order valence-corrected chi connectivity index (χ0v) is 11.9. The van der Waals surface area contributed by atoms with E-state index in [9.17, 15) is 15.0 Å². The van der Waals surface area contributed by atoms with Gasteiger partial charge in [0.25, 0.3) is 0 Å². The average molecular weight is 286 g/mol. The summed E-state index contributed by atoms with van der Waals surface area (Å²) < 4.78 is 5.38. The highest BCUT2D eigenvalue weighted by atomic mass is 16.5. The number of ether oxygens (including phenoxy) is 1. The fraction of sp³-hybridized carbons (Fsp3) is 0.235. The minimum atomic E-state index is -0.344. The van der Waals surface area contributed by atoms with E-state index in [2.05, 4.69) is 0 Å². The highest BCUT2D eigenvalue weighted by Gasteiger charge is 2.17. The van der Waals surface area contributed by atoms with Gasteiger partial charge < -0.3 is 14.9 Å². The third-order valence-electron chi connectivity index (χ3n) is 3.11. The molecule has 110 valence electrons. The Labute approximate surface area is 123 Å². The summed E-state index contributed by atoms with van der Waals surface area (Å²) in [5.74, 6) is -0.509. The van der Waals surface area contributed by atoms with E-state index in [0.29, 0.717) is 12.2 Å². The Morgan fingerprint density at radius 1 is 1.10 bits per heavy atom. The van der Waals surface area contributed by atoms with E-state index in [1.165, 1.54) is 12.1 Å². The molecule has 21 heavy (non-hydrogen) atoms. The van der Waals surface area contributed by atoms with Crippen LogP contribution in [0, 0.1) is 0 Å². The molecule has 0 aliphatic rings. The second kappa shape index (κ2) is 6.79. The molecule has 0 aromatic heterocycles. The van der Waals surface area contributed by atoms with E-state index in [-0.39, 0.29) is 28.6 Å². The van der Waals surface area contributed by atoms with Gasteiger partial charge in [-0.05, 0) is 12.5 Å². The van der Waals surface area contributed by atoms with Crippen LogP contribution in [0.25, 0.3) is 0 Å². The molecular formula is C17H18O4. The third-order valence-corrected chi connectivity index (χ3v) is 3.11. The Bertz CT molecular complexity index is 620. The fourth-order valence-electron chi connectivity index (χ4n) is 1.93. The minimum absolute atomic E-state index is 0.0570. The molecule has 0 spiro atoms. The number of carbonyl (C=O) groups is 1. The number of carbonyl (C=O) groups excluding carboxylic acids is 1. The second-order valence-electron chi connectivity index (χ2n) is 4.73. The van der Waals surface area contributed by atoms with Gasteiger partial charge in [-0.25, -0.2) is 0 Å². The van der Waals surface area contributed by atoms with Crippen LogP contribution in [0.15, 0.2) is 42.5 Å². The van der Waals surface area contributed by atoms with Crippen LogP contribution in [0.1, 0.15) is 35.7 Å². The van der Waals surface area contributed by atoms with E-state index >= 15 is 0 Å². The number of phenols is 2. The molecule has 0 aliphatic heterocycles. The van der Waals surface area contributed by atoms with Gasteiger partial charge in [0, 0.05) is 11.6 Å². The third kappa shape index (κ3) is 3.54. The van der Waals surface area contributed by atoms with Crippen molar-refractivity contribution >= 4 is 5.78 Å². The Morgan fingerprint density at radius 3 is 2.48 bits per heavy atom. The molecule has 0 aliphatic carbocycles. The van der Waals surface area contributed by atoms with Crippen molar-refractivity contribution in [3.8, 4) is 17.2 Å². The van der Waals surface area contributed by atoms with Crippen molar-refractivity contribution in [3.05, 3.63) is 53.6 Å². The van der Waals surface area contributed by atoms with Crippen molar-refractivity contribution < 1.29 is 19.7 Å². The highest BCUT2D eigenvalue weighted by Crippen LogP contribution is 2.34. The van der Waals surface area contributed by atoms with Crippen molar-refractivity contribution in [2.75, 3.05) is 6.61 Å². The van der Waals surface area contributed by atoms with Crippen LogP contribution >= 0.6 is 0 Å². The zero-order valence-electron chi connectivity index (χ0n) is 11.9. The lowest BCUT2D eigenvalue weighted by Crippen LogP contribution is -2.03. The van der Waals surface area contributed by atoms with Gasteiger partial charge >= 0.3 is 0 Å².